The summed E-state index contributed by atoms with van der Waals surface area (Å²) in [5.74, 6) is -5.00. The van der Waals surface area contributed by atoms with Gasteiger partial charge in [0.25, 0.3) is 0 Å². The topological polar surface area (TPSA) is 57.5 Å². The largest absolute Gasteiger partial charge is 0.507 e. The molecule has 0 amide bonds. The van der Waals surface area contributed by atoms with Gasteiger partial charge in [-0.2, -0.15) is 13.2 Å². The Morgan fingerprint density at radius 3 is 2.20 bits per heavy atom. The van der Waals surface area contributed by atoms with E-state index in [0.29, 0.717) is 6.07 Å². The molecule has 0 aliphatic carbocycles. The first-order valence-corrected chi connectivity index (χ1v) is 3.57. The maximum Gasteiger partial charge on any atom is 0.419 e. The fraction of sp³-hybridized carbons (Fsp3) is 0.125. The number of phenols is 1. The lowest BCUT2D eigenvalue weighted by Gasteiger charge is -2.10. The molecule has 0 aliphatic rings. The van der Waals surface area contributed by atoms with Crippen LogP contribution in [0, 0.1) is 5.82 Å². The van der Waals surface area contributed by atoms with Crippen LogP contribution in [0.5, 0.6) is 5.75 Å². The molecule has 1 aromatic rings. The highest BCUT2D eigenvalue weighted by Gasteiger charge is 2.36. The maximum absolute atomic E-state index is 13.0. The van der Waals surface area contributed by atoms with Gasteiger partial charge in [-0.25, -0.2) is 9.18 Å². The third kappa shape index (κ3) is 2.00. The summed E-state index contributed by atoms with van der Waals surface area (Å²) in [5.41, 5.74) is -3.11. The standard InChI is InChI=1S/C8H4F4O3/c9-6-3(8(10,11)12)1-2-4(13)5(6)7(14)15/h1-2,13H,(H,14,15). The zero-order valence-corrected chi connectivity index (χ0v) is 6.97. The first-order valence-electron chi connectivity index (χ1n) is 3.57. The fourth-order valence-electron chi connectivity index (χ4n) is 0.988. The Bertz CT molecular complexity index is 411. The molecule has 0 fully saturated rings. The summed E-state index contributed by atoms with van der Waals surface area (Å²) in [6, 6.07) is 0.756. The molecule has 1 aromatic carbocycles. The minimum Gasteiger partial charge on any atom is -0.507 e. The number of aromatic carboxylic acids is 1. The molecule has 0 spiro atoms. The number of hydrogen-bond donors (Lipinski definition) is 2. The summed E-state index contributed by atoms with van der Waals surface area (Å²) < 4.78 is 49.3. The van der Waals surface area contributed by atoms with Crippen LogP contribution in [0.3, 0.4) is 0 Å². The van der Waals surface area contributed by atoms with Gasteiger partial charge in [0.2, 0.25) is 0 Å². The molecule has 0 saturated heterocycles. The number of rotatable bonds is 1. The van der Waals surface area contributed by atoms with Gasteiger partial charge in [-0.1, -0.05) is 0 Å². The number of benzene rings is 1. The average molecular weight is 224 g/mol. The Morgan fingerprint density at radius 2 is 1.80 bits per heavy atom. The van der Waals surface area contributed by atoms with Gasteiger partial charge in [0.15, 0.2) is 5.82 Å². The molecule has 3 nitrogen and oxygen atoms in total. The van der Waals surface area contributed by atoms with Crippen LogP contribution in [0.4, 0.5) is 17.6 Å². The minimum atomic E-state index is -5.00. The lowest BCUT2D eigenvalue weighted by Crippen LogP contribution is -2.12. The Morgan fingerprint density at radius 1 is 1.27 bits per heavy atom. The summed E-state index contributed by atoms with van der Waals surface area (Å²) in [4.78, 5) is 10.4. The molecule has 0 unspecified atom stereocenters. The molecule has 7 heteroatoms. The number of hydrogen-bond acceptors (Lipinski definition) is 2. The highest BCUT2D eigenvalue weighted by Crippen LogP contribution is 2.35. The lowest BCUT2D eigenvalue weighted by molar-refractivity contribution is -0.140. The van der Waals surface area contributed by atoms with E-state index in [4.69, 9.17) is 10.2 Å². The van der Waals surface area contributed by atoms with Crippen molar-refractivity contribution in [2.75, 3.05) is 0 Å². The SMILES string of the molecule is O=C(O)c1c(O)ccc(C(F)(F)F)c1F. The number of carboxylic acid groups (broad SMARTS) is 1. The van der Waals surface area contributed by atoms with E-state index in [1.807, 2.05) is 0 Å². The number of carboxylic acids is 1. The number of aromatic hydroxyl groups is 1. The molecule has 15 heavy (non-hydrogen) atoms. The second-order valence-corrected chi connectivity index (χ2v) is 2.62. The first kappa shape index (κ1) is 11.3. The fourth-order valence-corrected chi connectivity index (χ4v) is 0.988. The Kier molecular flexibility index (Phi) is 2.57. The summed E-state index contributed by atoms with van der Waals surface area (Å²) in [7, 11) is 0. The summed E-state index contributed by atoms with van der Waals surface area (Å²) in [5, 5.41) is 17.2. The van der Waals surface area contributed by atoms with Gasteiger partial charge in [-0.3, -0.25) is 0 Å². The smallest absolute Gasteiger partial charge is 0.419 e. The first-order chi connectivity index (χ1) is 6.75. The zero-order chi connectivity index (χ0) is 11.8. The number of carbonyl (C=O) groups is 1. The van der Waals surface area contributed by atoms with E-state index in [0.717, 1.165) is 0 Å². The number of alkyl halides is 3. The van der Waals surface area contributed by atoms with Crippen LogP contribution >= 0.6 is 0 Å². The molecule has 82 valence electrons. The molecule has 0 heterocycles. The van der Waals surface area contributed by atoms with Crippen LogP contribution in [0.1, 0.15) is 15.9 Å². The third-order valence-corrected chi connectivity index (χ3v) is 1.64. The van der Waals surface area contributed by atoms with Crippen LogP contribution in [-0.2, 0) is 6.18 Å². The monoisotopic (exact) mass is 224 g/mol. The quantitative estimate of drug-likeness (QED) is 0.719. The molecule has 0 saturated carbocycles. The highest BCUT2D eigenvalue weighted by molar-refractivity contribution is 5.91. The van der Waals surface area contributed by atoms with E-state index in [-0.39, 0.29) is 6.07 Å². The normalized spacial score (nSPS) is 11.5. The average Bonchev–Trinajstić information content (AvgIpc) is 2.00. The molecule has 0 aliphatic heterocycles. The summed E-state index contributed by atoms with van der Waals surface area (Å²) >= 11 is 0. The summed E-state index contributed by atoms with van der Waals surface area (Å²) in [6.07, 6.45) is -5.00. The van der Waals surface area contributed by atoms with Crippen LogP contribution in [0.25, 0.3) is 0 Å². The molecule has 1 rings (SSSR count). The van der Waals surface area contributed by atoms with Gasteiger partial charge < -0.3 is 10.2 Å². The van der Waals surface area contributed by atoms with Gasteiger partial charge >= 0.3 is 12.1 Å². The van der Waals surface area contributed by atoms with E-state index < -0.39 is 34.8 Å². The molecule has 2 N–H and O–H groups in total. The van der Waals surface area contributed by atoms with Gasteiger partial charge in [-0.15, -0.1) is 0 Å². The van der Waals surface area contributed by atoms with Crippen molar-refractivity contribution in [1.82, 2.24) is 0 Å². The van der Waals surface area contributed by atoms with Crippen molar-refractivity contribution in [3.05, 3.63) is 29.1 Å². The molecule has 0 aromatic heterocycles. The van der Waals surface area contributed by atoms with E-state index in [1.54, 1.807) is 0 Å². The molecular weight excluding hydrogens is 220 g/mol. The van der Waals surface area contributed by atoms with Gasteiger partial charge in [0, 0.05) is 0 Å². The lowest BCUT2D eigenvalue weighted by atomic mass is 10.1. The second kappa shape index (κ2) is 3.41. The van der Waals surface area contributed by atoms with Crippen molar-refractivity contribution >= 4 is 5.97 Å². The van der Waals surface area contributed by atoms with Crippen LogP contribution in [0.2, 0.25) is 0 Å². The summed E-state index contributed by atoms with van der Waals surface area (Å²) in [6.45, 7) is 0. The van der Waals surface area contributed by atoms with Crippen molar-refractivity contribution in [1.29, 1.82) is 0 Å². The highest BCUT2D eigenvalue weighted by atomic mass is 19.4. The Labute approximate surface area is 80.6 Å². The Hall–Kier alpha value is -1.79. The zero-order valence-electron chi connectivity index (χ0n) is 6.97. The van der Waals surface area contributed by atoms with Crippen molar-refractivity contribution in [3.63, 3.8) is 0 Å². The van der Waals surface area contributed by atoms with Crippen LogP contribution < -0.4 is 0 Å². The van der Waals surface area contributed by atoms with E-state index >= 15 is 0 Å². The van der Waals surface area contributed by atoms with E-state index in [2.05, 4.69) is 0 Å². The Balaban J connectivity index is 3.49. The van der Waals surface area contributed by atoms with Gasteiger partial charge in [0.05, 0.1) is 5.56 Å². The van der Waals surface area contributed by atoms with E-state index in [9.17, 15) is 22.4 Å². The third-order valence-electron chi connectivity index (χ3n) is 1.64. The van der Waals surface area contributed by atoms with Crippen molar-refractivity contribution in [2.24, 2.45) is 0 Å². The molecule has 0 radical (unpaired) electrons. The van der Waals surface area contributed by atoms with Gasteiger partial charge in [-0.05, 0) is 12.1 Å². The number of halogens is 4. The van der Waals surface area contributed by atoms with Crippen molar-refractivity contribution in [2.45, 2.75) is 6.18 Å². The van der Waals surface area contributed by atoms with E-state index in [1.165, 1.54) is 0 Å². The van der Waals surface area contributed by atoms with Crippen molar-refractivity contribution < 1.29 is 32.6 Å². The van der Waals surface area contributed by atoms with Gasteiger partial charge in [0.1, 0.15) is 11.3 Å². The van der Waals surface area contributed by atoms with Crippen LogP contribution in [0.15, 0.2) is 12.1 Å². The van der Waals surface area contributed by atoms with Crippen LogP contribution in [-0.4, -0.2) is 16.2 Å². The molecule has 0 atom stereocenters. The predicted molar refractivity (Wildman–Crippen MR) is 40.0 cm³/mol. The molecule has 0 bridgehead atoms. The predicted octanol–water partition coefficient (Wildman–Crippen LogP) is 2.25. The van der Waals surface area contributed by atoms with Crippen molar-refractivity contribution in [3.8, 4) is 5.75 Å². The second-order valence-electron chi connectivity index (χ2n) is 2.62. The maximum atomic E-state index is 13.0. The minimum absolute atomic E-state index is 0.275. The molecular formula is C8H4F4O3.